The Morgan fingerprint density at radius 3 is 2.95 bits per heavy atom. The van der Waals surface area contributed by atoms with Crippen molar-refractivity contribution in [1.29, 1.82) is 0 Å². The number of amides is 1. The van der Waals surface area contributed by atoms with E-state index in [2.05, 4.69) is 10.1 Å². The Kier molecular flexibility index (Phi) is 3.54. The molecule has 0 radical (unpaired) electrons. The molecule has 3 heterocycles. The maximum atomic E-state index is 12.6. The van der Waals surface area contributed by atoms with Crippen LogP contribution in [0, 0.1) is 0 Å². The van der Waals surface area contributed by atoms with E-state index in [4.69, 9.17) is 0 Å². The van der Waals surface area contributed by atoms with Crippen LogP contribution >= 0.6 is 0 Å². The highest BCUT2D eigenvalue weighted by atomic mass is 16.2. The summed E-state index contributed by atoms with van der Waals surface area (Å²) in [6, 6.07) is 2.01. The van der Waals surface area contributed by atoms with Crippen molar-refractivity contribution in [2.24, 2.45) is 0 Å². The third kappa shape index (κ3) is 2.45. The van der Waals surface area contributed by atoms with E-state index in [1.807, 2.05) is 39.5 Å². The summed E-state index contributed by atoms with van der Waals surface area (Å²) in [4.78, 5) is 18.5. The van der Waals surface area contributed by atoms with Crippen molar-refractivity contribution in [2.45, 2.75) is 31.8 Å². The van der Waals surface area contributed by atoms with Crippen LogP contribution in [0.15, 0.2) is 37.2 Å². The van der Waals surface area contributed by atoms with Gasteiger partial charge in [-0.1, -0.05) is 0 Å². The van der Waals surface area contributed by atoms with E-state index >= 15 is 0 Å². The van der Waals surface area contributed by atoms with Crippen molar-refractivity contribution in [3.05, 3.63) is 37.2 Å². The Labute approximate surface area is 118 Å². The topological polar surface area (TPSA) is 56.0 Å². The summed E-state index contributed by atoms with van der Waals surface area (Å²) in [7, 11) is 0. The van der Waals surface area contributed by atoms with E-state index in [1.165, 1.54) is 0 Å². The van der Waals surface area contributed by atoms with Gasteiger partial charge >= 0.3 is 0 Å². The van der Waals surface area contributed by atoms with Crippen molar-refractivity contribution in [1.82, 2.24) is 24.2 Å². The predicted molar refractivity (Wildman–Crippen MR) is 74.0 cm³/mol. The zero-order valence-electron chi connectivity index (χ0n) is 11.6. The molecule has 2 atom stereocenters. The highest BCUT2D eigenvalue weighted by molar-refractivity contribution is 5.80. The van der Waals surface area contributed by atoms with Crippen LogP contribution in [0.5, 0.6) is 0 Å². The number of carbonyl (C=O) groups excluding carboxylic acids is 1. The van der Waals surface area contributed by atoms with Crippen LogP contribution < -0.4 is 0 Å². The SMILES string of the molecule is C[C@H](C(=O)N1CCC[C@@H](n2cccn2)C1)n1ccnc1. The standard InChI is InChI=1S/C14H19N5O/c1-12(18-9-6-15-11-18)14(20)17-7-2-4-13(10-17)19-8-3-5-16-19/h3,5-6,8-9,11-13H,2,4,7,10H2,1H3/t12-,13-/m1/s1. The highest BCUT2D eigenvalue weighted by Gasteiger charge is 2.28. The third-order valence-electron chi connectivity index (χ3n) is 3.94. The number of imidazole rings is 1. The molecule has 0 aliphatic carbocycles. The van der Waals surface area contributed by atoms with Crippen molar-refractivity contribution in [3.8, 4) is 0 Å². The zero-order chi connectivity index (χ0) is 13.9. The third-order valence-corrected chi connectivity index (χ3v) is 3.94. The second-order valence-electron chi connectivity index (χ2n) is 5.25. The van der Waals surface area contributed by atoms with Gasteiger partial charge in [-0.3, -0.25) is 9.48 Å². The molecule has 0 unspecified atom stereocenters. The molecule has 0 aromatic carbocycles. The molecule has 1 amide bonds. The quantitative estimate of drug-likeness (QED) is 0.851. The van der Waals surface area contributed by atoms with Gasteiger partial charge in [-0.05, 0) is 25.8 Å². The first-order valence-electron chi connectivity index (χ1n) is 7.01. The minimum Gasteiger partial charge on any atom is -0.339 e. The van der Waals surface area contributed by atoms with Crippen LogP contribution in [0.4, 0.5) is 0 Å². The van der Waals surface area contributed by atoms with Crippen molar-refractivity contribution in [3.63, 3.8) is 0 Å². The summed E-state index contributed by atoms with van der Waals surface area (Å²) in [6.45, 7) is 3.48. The van der Waals surface area contributed by atoms with Gasteiger partial charge in [-0.25, -0.2) is 4.98 Å². The van der Waals surface area contributed by atoms with Gasteiger partial charge in [0.1, 0.15) is 6.04 Å². The average Bonchev–Trinajstić information content (AvgIpc) is 3.18. The zero-order valence-corrected chi connectivity index (χ0v) is 11.6. The molecule has 106 valence electrons. The van der Waals surface area contributed by atoms with E-state index in [-0.39, 0.29) is 18.0 Å². The van der Waals surface area contributed by atoms with Gasteiger partial charge in [0.05, 0.1) is 12.4 Å². The first-order valence-corrected chi connectivity index (χ1v) is 7.01. The fourth-order valence-corrected chi connectivity index (χ4v) is 2.76. The lowest BCUT2D eigenvalue weighted by Gasteiger charge is -2.34. The fraction of sp³-hybridized carbons (Fsp3) is 0.500. The summed E-state index contributed by atoms with van der Waals surface area (Å²) in [5.74, 6) is 0.153. The molecular formula is C14H19N5O. The van der Waals surface area contributed by atoms with Crippen LogP contribution in [-0.4, -0.2) is 43.2 Å². The molecule has 1 fully saturated rings. The average molecular weight is 273 g/mol. The van der Waals surface area contributed by atoms with Crippen LogP contribution in [-0.2, 0) is 4.79 Å². The Morgan fingerprint density at radius 2 is 2.25 bits per heavy atom. The molecule has 1 aliphatic rings. The maximum Gasteiger partial charge on any atom is 0.245 e. The fourth-order valence-electron chi connectivity index (χ4n) is 2.76. The number of rotatable bonds is 3. The summed E-state index contributed by atoms with van der Waals surface area (Å²) in [6.07, 6.45) is 11.1. The van der Waals surface area contributed by atoms with E-state index in [0.29, 0.717) is 0 Å². The Morgan fingerprint density at radius 1 is 1.35 bits per heavy atom. The normalized spacial score (nSPS) is 20.9. The van der Waals surface area contributed by atoms with Gasteiger partial charge in [0.2, 0.25) is 5.91 Å². The Bertz CT molecular complexity index is 548. The smallest absolute Gasteiger partial charge is 0.245 e. The van der Waals surface area contributed by atoms with E-state index < -0.39 is 0 Å². The molecule has 0 N–H and O–H groups in total. The number of hydrogen-bond donors (Lipinski definition) is 0. The number of aromatic nitrogens is 4. The summed E-state index contributed by atoms with van der Waals surface area (Å²) in [5.41, 5.74) is 0. The number of piperidine rings is 1. The van der Waals surface area contributed by atoms with Crippen LogP contribution in [0.1, 0.15) is 31.8 Å². The van der Waals surface area contributed by atoms with Crippen molar-refractivity contribution < 1.29 is 4.79 Å². The summed E-state index contributed by atoms with van der Waals surface area (Å²) < 4.78 is 3.81. The number of likely N-dealkylation sites (tertiary alicyclic amines) is 1. The molecule has 2 aromatic rings. The highest BCUT2D eigenvalue weighted by Crippen LogP contribution is 2.22. The molecule has 0 saturated carbocycles. The predicted octanol–water partition coefficient (Wildman–Crippen LogP) is 1.50. The minimum atomic E-state index is -0.200. The number of hydrogen-bond acceptors (Lipinski definition) is 3. The molecule has 0 spiro atoms. The second kappa shape index (κ2) is 5.48. The van der Waals surface area contributed by atoms with Crippen molar-refractivity contribution in [2.75, 3.05) is 13.1 Å². The second-order valence-corrected chi connectivity index (χ2v) is 5.25. The van der Waals surface area contributed by atoms with Crippen LogP contribution in [0.2, 0.25) is 0 Å². The Balaban J connectivity index is 1.69. The summed E-state index contributed by atoms with van der Waals surface area (Å²) >= 11 is 0. The molecule has 1 saturated heterocycles. The number of nitrogens with zero attached hydrogens (tertiary/aromatic N) is 5. The molecule has 0 bridgehead atoms. The minimum absolute atomic E-state index is 0.153. The first-order chi connectivity index (χ1) is 9.75. The van der Waals surface area contributed by atoms with Gasteiger partial charge in [0, 0.05) is 37.9 Å². The molecule has 2 aromatic heterocycles. The van der Waals surface area contributed by atoms with Gasteiger partial charge in [0.15, 0.2) is 0 Å². The maximum absolute atomic E-state index is 12.6. The van der Waals surface area contributed by atoms with Crippen molar-refractivity contribution >= 4 is 5.91 Å². The van der Waals surface area contributed by atoms with Gasteiger partial charge in [0.25, 0.3) is 0 Å². The van der Waals surface area contributed by atoms with Gasteiger partial charge in [-0.2, -0.15) is 5.10 Å². The number of carbonyl (C=O) groups is 1. The molecule has 20 heavy (non-hydrogen) atoms. The lowest BCUT2D eigenvalue weighted by molar-refractivity contribution is -0.136. The van der Waals surface area contributed by atoms with Gasteiger partial charge in [-0.15, -0.1) is 0 Å². The largest absolute Gasteiger partial charge is 0.339 e. The first kappa shape index (κ1) is 12.9. The molecule has 6 nitrogen and oxygen atoms in total. The molecular weight excluding hydrogens is 254 g/mol. The Hall–Kier alpha value is -2.11. The summed E-state index contributed by atoms with van der Waals surface area (Å²) in [5, 5.41) is 4.29. The van der Waals surface area contributed by atoms with E-state index in [9.17, 15) is 4.79 Å². The van der Waals surface area contributed by atoms with Gasteiger partial charge < -0.3 is 9.47 Å². The molecule has 6 heteroatoms. The van der Waals surface area contributed by atoms with E-state index in [1.54, 1.807) is 18.7 Å². The monoisotopic (exact) mass is 273 g/mol. The lowest BCUT2D eigenvalue weighted by atomic mass is 10.1. The van der Waals surface area contributed by atoms with Crippen LogP contribution in [0.25, 0.3) is 0 Å². The molecule has 1 aliphatic heterocycles. The molecule has 3 rings (SSSR count). The van der Waals surface area contributed by atoms with E-state index in [0.717, 1.165) is 25.9 Å². The van der Waals surface area contributed by atoms with Crippen LogP contribution in [0.3, 0.4) is 0 Å². The lowest BCUT2D eigenvalue weighted by Crippen LogP contribution is -2.43.